The topological polar surface area (TPSA) is 99.7 Å². The number of pyridine rings is 2. The Kier molecular flexibility index (Phi) is 10.4. The zero-order valence-corrected chi connectivity index (χ0v) is 33.8. The highest BCUT2D eigenvalue weighted by Gasteiger charge is 2.37. The van der Waals surface area contributed by atoms with E-state index in [1.807, 2.05) is 17.1 Å². The van der Waals surface area contributed by atoms with Crippen molar-refractivity contribution in [1.82, 2.24) is 30.6 Å². The Bertz CT molecular complexity index is 1990. The molecule has 0 spiro atoms. The molecule has 53 heavy (non-hydrogen) atoms. The van der Waals surface area contributed by atoms with Crippen LogP contribution in [0.1, 0.15) is 102 Å². The fraction of sp³-hybridized carbons (Fsp3) is 0.619. The van der Waals surface area contributed by atoms with Gasteiger partial charge in [-0.1, -0.05) is 34.6 Å². The molecule has 3 unspecified atom stereocenters. The summed E-state index contributed by atoms with van der Waals surface area (Å²) < 4.78 is 5.41. The summed E-state index contributed by atoms with van der Waals surface area (Å²) >= 11 is 3.03. The summed E-state index contributed by atoms with van der Waals surface area (Å²) in [5.74, 6) is 1.91. The second-order valence-electron chi connectivity index (χ2n) is 17.9. The Labute approximate surface area is 322 Å². The van der Waals surface area contributed by atoms with Crippen molar-refractivity contribution in [3.63, 3.8) is 0 Å². The maximum atomic E-state index is 13.2. The lowest BCUT2D eigenvalue weighted by molar-refractivity contribution is 0.0127. The highest BCUT2D eigenvalue weighted by molar-refractivity contribution is 7.20. The van der Waals surface area contributed by atoms with Crippen LogP contribution in [-0.4, -0.2) is 84.2 Å². The average Bonchev–Trinajstić information content (AvgIpc) is 3.87. The van der Waals surface area contributed by atoms with Gasteiger partial charge < -0.3 is 15.0 Å². The van der Waals surface area contributed by atoms with E-state index in [9.17, 15) is 9.59 Å². The van der Waals surface area contributed by atoms with Crippen LogP contribution in [0.15, 0.2) is 24.3 Å². The van der Waals surface area contributed by atoms with Crippen molar-refractivity contribution in [2.24, 2.45) is 28.6 Å². The number of carbonyl (C=O) groups excluding carboxylic acids is 2. The van der Waals surface area contributed by atoms with E-state index in [2.05, 4.69) is 62.4 Å². The summed E-state index contributed by atoms with van der Waals surface area (Å²) in [5, 5.41) is 7.34. The predicted octanol–water partition coefficient (Wildman–Crippen LogP) is 7.31. The lowest BCUT2D eigenvalue weighted by Gasteiger charge is -2.39. The van der Waals surface area contributed by atoms with E-state index in [4.69, 9.17) is 14.7 Å². The van der Waals surface area contributed by atoms with Gasteiger partial charge in [-0.25, -0.2) is 15.0 Å². The van der Waals surface area contributed by atoms with Crippen molar-refractivity contribution < 1.29 is 14.3 Å². The van der Waals surface area contributed by atoms with Gasteiger partial charge in [0.2, 0.25) is 0 Å². The number of thiophene rings is 2. The van der Waals surface area contributed by atoms with Crippen molar-refractivity contribution in [2.75, 3.05) is 52.5 Å². The first-order valence-corrected chi connectivity index (χ1v) is 21.5. The number of aromatic nitrogens is 2. The number of aryl methyl sites for hydroxylation is 2. The van der Waals surface area contributed by atoms with Crippen LogP contribution in [0, 0.1) is 28.6 Å². The van der Waals surface area contributed by atoms with Crippen LogP contribution >= 0.6 is 22.7 Å². The molecule has 4 aromatic heterocycles. The summed E-state index contributed by atoms with van der Waals surface area (Å²) in [6, 6.07) is 8.66. The van der Waals surface area contributed by atoms with E-state index in [1.54, 1.807) is 0 Å². The quantitative estimate of drug-likeness (QED) is 0.185. The molecule has 4 aromatic rings. The van der Waals surface area contributed by atoms with Gasteiger partial charge in [0.15, 0.2) is 0 Å². The third kappa shape index (κ3) is 8.20. The lowest BCUT2D eigenvalue weighted by Crippen LogP contribution is -2.48. The normalized spacial score (nSPS) is 22.9. The summed E-state index contributed by atoms with van der Waals surface area (Å²) in [5.41, 5.74) is 8.72. The molecule has 0 bridgehead atoms. The fourth-order valence-corrected chi connectivity index (χ4v) is 11.2. The second-order valence-corrected chi connectivity index (χ2v) is 19.9. The molecule has 6 heterocycles. The molecule has 284 valence electrons. The van der Waals surface area contributed by atoms with Crippen molar-refractivity contribution in [2.45, 2.75) is 86.0 Å². The molecule has 2 N–H and O–H groups in total. The van der Waals surface area contributed by atoms with E-state index in [0.29, 0.717) is 60.9 Å². The van der Waals surface area contributed by atoms with Crippen LogP contribution in [0.5, 0.6) is 0 Å². The SMILES string of the molecule is CC(C)(C)C1CCc2nc3sc(C(=O)NCCN4CCC(CC(C)(C)C5CCc6nc7sc(C(=O)NN8CCOCC8)cc7cc6C5)C4)cc3cc2C1. The molecule has 4 aliphatic rings. The number of likely N-dealkylation sites (tertiary alicyclic amines) is 1. The number of morpholine rings is 1. The smallest absolute Gasteiger partial charge is 0.275 e. The Hall–Kier alpha value is -2.96. The van der Waals surface area contributed by atoms with Crippen molar-refractivity contribution in [3.05, 3.63) is 56.5 Å². The number of carbonyl (C=O) groups is 2. The molecule has 11 heteroatoms. The molecule has 0 aromatic carbocycles. The first kappa shape index (κ1) is 37.0. The Morgan fingerprint density at radius 2 is 1.42 bits per heavy atom. The van der Waals surface area contributed by atoms with E-state index >= 15 is 0 Å². The molecule has 2 amide bonds. The molecule has 2 aliphatic carbocycles. The van der Waals surface area contributed by atoms with Gasteiger partial charge in [0.1, 0.15) is 9.66 Å². The van der Waals surface area contributed by atoms with Crippen LogP contribution in [-0.2, 0) is 30.4 Å². The summed E-state index contributed by atoms with van der Waals surface area (Å²) in [6.07, 6.45) is 8.94. The minimum Gasteiger partial charge on any atom is -0.379 e. The number of hydrazine groups is 1. The van der Waals surface area contributed by atoms with Crippen LogP contribution in [0.2, 0.25) is 0 Å². The van der Waals surface area contributed by atoms with Crippen LogP contribution in [0.3, 0.4) is 0 Å². The Balaban J connectivity index is 0.814. The number of ether oxygens (including phenoxy) is 1. The molecule has 2 saturated heterocycles. The first-order chi connectivity index (χ1) is 25.4. The minimum atomic E-state index is -0.0548. The standard InChI is InChI=1S/C42H56N6O3S2/c1-41(2,3)31-6-8-33-27(20-31)18-29-22-35(52-39(29)44-33)37(49)43-11-13-47-12-10-26(25-47)24-42(4,5)32-7-9-34-28(21-32)19-30-23-36(53-40(30)45-34)38(50)46-48-14-16-51-17-15-48/h18-19,22-23,26,31-32H,6-17,20-21,24-25H2,1-5H3,(H,43,49)(H,46,50). The van der Waals surface area contributed by atoms with Crippen molar-refractivity contribution in [3.8, 4) is 0 Å². The molecule has 9 nitrogen and oxygen atoms in total. The Morgan fingerprint density at radius 1 is 0.811 bits per heavy atom. The number of fused-ring (bicyclic) bond motifs is 4. The summed E-state index contributed by atoms with van der Waals surface area (Å²) in [4.78, 5) is 42.2. The summed E-state index contributed by atoms with van der Waals surface area (Å²) in [7, 11) is 0. The molecule has 2 aliphatic heterocycles. The molecule has 8 rings (SSSR count). The molecule has 0 saturated carbocycles. The van der Waals surface area contributed by atoms with E-state index < -0.39 is 0 Å². The van der Waals surface area contributed by atoms with Crippen LogP contribution < -0.4 is 10.7 Å². The monoisotopic (exact) mass is 756 g/mol. The second kappa shape index (κ2) is 14.9. The number of hydrogen-bond acceptors (Lipinski definition) is 9. The molecular weight excluding hydrogens is 701 g/mol. The van der Waals surface area contributed by atoms with Crippen LogP contribution in [0.4, 0.5) is 0 Å². The van der Waals surface area contributed by atoms with Gasteiger partial charge in [0.25, 0.3) is 11.8 Å². The van der Waals surface area contributed by atoms with Gasteiger partial charge >= 0.3 is 0 Å². The van der Waals surface area contributed by atoms with E-state index in [0.717, 1.165) is 77.0 Å². The maximum Gasteiger partial charge on any atom is 0.275 e. The van der Waals surface area contributed by atoms with Gasteiger partial charge in [0.05, 0.1) is 23.0 Å². The Morgan fingerprint density at radius 3 is 2.06 bits per heavy atom. The van der Waals surface area contributed by atoms with Gasteiger partial charge in [0, 0.05) is 54.9 Å². The number of nitrogens with one attached hydrogen (secondary N) is 2. The average molecular weight is 757 g/mol. The zero-order chi connectivity index (χ0) is 36.9. The van der Waals surface area contributed by atoms with E-state index in [-0.39, 0.29) is 17.2 Å². The molecule has 3 atom stereocenters. The highest BCUT2D eigenvalue weighted by Crippen LogP contribution is 2.44. The number of hydrogen-bond donors (Lipinski definition) is 2. The van der Waals surface area contributed by atoms with Gasteiger partial charge in [-0.05, 0) is 122 Å². The largest absolute Gasteiger partial charge is 0.379 e. The molecule has 2 fully saturated rings. The maximum absolute atomic E-state index is 13.2. The molecule has 0 radical (unpaired) electrons. The molecular formula is C42H56N6O3S2. The summed E-state index contributed by atoms with van der Waals surface area (Å²) in [6.45, 7) is 18.4. The third-order valence-corrected chi connectivity index (χ3v) is 14.8. The van der Waals surface area contributed by atoms with Gasteiger partial charge in [-0.3, -0.25) is 15.0 Å². The fourth-order valence-electron chi connectivity index (χ4n) is 9.36. The predicted molar refractivity (Wildman–Crippen MR) is 215 cm³/mol. The van der Waals surface area contributed by atoms with Crippen molar-refractivity contribution >= 4 is 54.9 Å². The lowest BCUT2D eigenvalue weighted by atomic mass is 9.66. The first-order valence-electron chi connectivity index (χ1n) is 19.9. The number of amides is 2. The number of nitrogens with zero attached hydrogens (tertiary/aromatic N) is 4. The van der Waals surface area contributed by atoms with Crippen LogP contribution in [0.25, 0.3) is 20.4 Å². The minimum absolute atomic E-state index is 0.0229. The number of rotatable bonds is 9. The third-order valence-electron chi connectivity index (χ3n) is 12.7. The van der Waals surface area contributed by atoms with Gasteiger partial charge in [-0.15, -0.1) is 22.7 Å². The van der Waals surface area contributed by atoms with E-state index in [1.165, 1.54) is 64.5 Å². The van der Waals surface area contributed by atoms with Crippen molar-refractivity contribution in [1.29, 1.82) is 0 Å². The van der Waals surface area contributed by atoms with Gasteiger partial charge in [-0.2, -0.15) is 0 Å². The zero-order valence-electron chi connectivity index (χ0n) is 32.2. The highest BCUT2D eigenvalue weighted by atomic mass is 32.1.